The van der Waals surface area contributed by atoms with Gasteiger partial charge in [-0.1, -0.05) is 60.7 Å². The maximum absolute atomic E-state index is 11.2. The van der Waals surface area contributed by atoms with Crippen LogP contribution in [0.15, 0.2) is 79.4 Å². The normalized spacial score (nSPS) is 23.7. The molecule has 7 rings (SSSR count). The van der Waals surface area contributed by atoms with Crippen LogP contribution in [0.2, 0.25) is 0 Å². The molecule has 0 radical (unpaired) electrons. The lowest BCUT2D eigenvalue weighted by Gasteiger charge is -2.22. The van der Waals surface area contributed by atoms with Crippen molar-refractivity contribution in [1.82, 2.24) is 29.3 Å². The predicted molar refractivity (Wildman–Crippen MR) is 166 cm³/mol. The summed E-state index contributed by atoms with van der Waals surface area (Å²) in [6, 6.07) is 19.8. The average Bonchev–Trinajstić information content (AvgIpc) is 3.86. The first-order valence-corrected chi connectivity index (χ1v) is 15.1. The van der Waals surface area contributed by atoms with Gasteiger partial charge in [0, 0.05) is 43.4 Å². The molecule has 6 N–H and O–H groups in total. The van der Waals surface area contributed by atoms with Crippen molar-refractivity contribution in [3.05, 3.63) is 96.1 Å². The van der Waals surface area contributed by atoms with E-state index < -0.39 is 24.3 Å². The van der Waals surface area contributed by atoms with E-state index in [4.69, 9.17) is 20.7 Å². The summed E-state index contributed by atoms with van der Waals surface area (Å²) in [6.07, 6.45) is 4.05. The minimum Gasteiger partial charge on any atom is -0.392 e. The van der Waals surface area contributed by atoms with Crippen LogP contribution in [0.4, 0.5) is 11.8 Å². The summed E-state index contributed by atoms with van der Waals surface area (Å²) in [5, 5.41) is 39.7. The molecule has 1 saturated heterocycles. The molecule has 2 aliphatic rings. The highest BCUT2D eigenvalue weighted by molar-refractivity contribution is 5.84. The molecule has 1 saturated carbocycles. The van der Waals surface area contributed by atoms with Crippen LogP contribution in [-0.2, 0) is 6.61 Å². The fourth-order valence-corrected chi connectivity index (χ4v) is 6.54. The third-order valence-electron chi connectivity index (χ3n) is 8.95. The molecular weight excluding hydrogens is 558 g/mol. The molecule has 1 aliphatic heterocycles. The molecule has 12 nitrogen and oxygen atoms in total. The van der Waals surface area contributed by atoms with Crippen molar-refractivity contribution in [2.45, 2.75) is 55.7 Å². The number of hydrogen-bond acceptors (Lipinski definition) is 10. The van der Waals surface area contributed by atoms with E-state index in [-0.39, 0.29) is 18.6 Å². The summed E-state index contributed by atoms with van der Waals surface area (Å²) >= 11 is 0. The number of benzene rings is 2. The van der Waals surface area contributed by atoms with E-state index in [2.05, 4.69) is 39.6 Å². The molecule has 4 heterocycles. The molecule has 228 valence electrons. The predicted octanol–water partition coefficient (Wildman–Crippen LogP) is 2.20. The topological polar surface area (TPSA) is 163 Å². The molecule has 1 unspecified atom stereocenters. The highest BCUT2D eigenvalue weighted by Crippen LogP contribution is 2.40. The minimum atomic E-state index is -1.07. The molecular formula is C32H37N9O3. The van der Waals surface area contributed by atoms with Crippen LogP contribution in [0.5, 0.6) is 0 Å². The smallest absolute Gasteiger partial charge is 0.229 e. The average molecular weight is 596 g/mol. The SMILES string of the molecule is NC1CCN(c2nc(NCC(c3ccccc3)c3ccccc3)c3ncn([C@@H]4C[C@H](n5cc(CO)cn5)[C@@H](O)[C@H]4O)c3n2)C1. The third kappa shape index (κ3) is 5.30. The summed E-state index contributed by atoms with van der Waals surface area (Å²) in [7, 11) is 0. The van der Waals surface area contributed by atoms with Crippen LogP contribution in [0, 0.1) is 0 Å². The molecule has 5 atom stereocenters. The molecule has 12 heteroatoms. The fourth-order valence-electron chi connectivity index (χ4n) is 6.54. The molecule has 0 bridgehead atoms. The van der Waals surface area contributed by atoms with Crippen LogP contribution < -0.4 is 16.0 Å². The molecule has 44 heavy (non-hydrogen) atoms. The van der Waals surface area contributed by atoms with Crippen molar-refractivity contribution in [3.8, 4) is 0 Å². The van der Waals surface area contributed by atoms with Crippen LogP contribution in [0.25, 0.3) is 11.2 Å². The Kier molecular flexibility index (Phi) is 7.73. The van der Waals surface area contributed by atoms with Crippen LogP contribution in [0.3, 0.4) is 0 Å². The van der Waals surface area contributed by atoms with Crippen molar-refractivity contribution in [3.63, 3.8) is 0 Å². The lowest BCUT2D eigenvalue weighted by atomic mass is 9.91. The van der Waals surface area contributed by atoms with Gasteiger partial charge in [0.15, 0.2) is 17.0 Å². The van der Waals surface area contributed by atoms with Crippen LogP contribution >= 0.6 is 0 Å². The molecule has 3 aromatic heterocycles. The highest BCUT2D eigenvalue weighted by atomic mass is 16.3. The lowest BCUT2D eigenvalue weighted by Crippen LogP contribution is -2.30. The van der Waals surface area contributed by atoms with Crippen molar-refractivity contribution >= 4 is 22.9 Å². The van der Waals surface area contributed by atoms with Gasteiger partial charge in [0.1, 0.15) is 12.2 Å². The van der Waals surface area contributed by atoms with Gasteiger partial charge in [0.05, 0.1) is 31.2 Å². The Morgan fingerprint density at radius 1 is 0.955 bits per heavy atom. The number of aliphatic hydroxyl groups excluding tert-OH is 3. The Morgan fingerprint density at radius 3 is 2.30 bits per heavy atom. The first-order valence-electron chi connectivity index (χ1n) is 15.1. The lowest BCUT2D eigenvalue weighted by molar-refractivity contribution is 0.00720. The van der Waals surface area contributed by atoms with Gasteiger partial charge in [-0.05, 0) is 24.0 Å². The van der Waals surface area contributed by atoms with Crippen LogP contribution in [-0.4, -0.2) is 82.5 Å². The first kappa shape index (κ1) is 28.4. The van der Waals surface area contributed by atoms with Gasteiger partial charge in [-0.25, -0.2) is 4.98 Å². The van der Waals surface area contributed by atoms with Gasteiger partial charge in [-0.3, -0.25) is 4.68 Å². The number of aliphatic hydroxyl groups is 3. The zero-order valence-electron chi connectivity index (χ0n) is 24.3. The monoisotopic (exact) mass is 595 g/mol. The molecule has 0 amide bonds. The Hall–Kier alpha value is -4.36. The van der Waals surface area contributed by atoms with E-state index in [0.29, 0.717) is 48.0 Å². The zero-order chi connectivity index (χ0) is 30.2. The Balaban J connectivity index is 1.25. The second-order valence-corrected chi connectivity index (χ2v) is 11.8. The largest absolute Gasteiger partial charge is 0.392 e. The number of nitrogens with two attached hydrogens (primary N) is 1. The fraction of sp³-hybridized carbons (Fsp3) is 0.375. The van der Waals surface area contributed by atoms with E-state index in [9.17, 15) is 15.3 Å². The number of rotatable bonds is 9. The van der Waals surface area contributed by atoms with Gasteiger partial charge in [0.25, 0.3) is 0 Å². The summed E-state index contributed by atoms with van der Waals surface area (Å²) in [5.74, 6) is 1.22. The summed E-state index contributed by atoms with van der Waals surface area (Å²) < 4.78 is 3.46. The molecule has 2 fully saturated rings. The second kappa shape index (κ2) is 12.0. The van der Waals surface area contributed by atoms with Crippen molar-refractivity contribution in [1.29, 1.82) is 0 Å². The number of anilines is 2. The number of fused-ring (bicyclic) bond motifs is 1. The van der Waals surface area contributed by atoms with E-state index in [1.807, 2.05) is 41.0 Å². The number of imidazole rings is 1. The minimum absolute atomic E-state index is 0.0431. The number of nitrogens with zero attached hydrogens (tertiary/aromatic N) is 7. The van der Waals surface area contributed by atoms with E-state index in [0.717, 1.165) is 13.0 Å². The van der Waals surface area contributed by atoms with Crippen molar-refractivity contribution in [2.75, 3.05) is 29.9 Å². The Morgan fingerprint density at radius 2 is 1.66 bits per heavy atom. The van der Waals surface area contributed by atoms with Gasteiger partial charge < -0.3 is 35.8 Å². The quantitative estimate of drug-likeness (QED) is 0.171. The standard InChI is InChI=1S/C32H37N9O3/c33-23-11-12-39(17-23)32-37-30(34-15-24(21-7-3-1-4-8-21)22-9-5-2-6-10-22)27-31(38-32)40(19-35-27)25-13-26(29(44)28(25)43)41-16-20(18-42)14-36-41/h1-10,14,16,19,23-26,28-29,42-44H,11-13,15,17-18,33H2,(H,34,37,38)/t23?,25-,26+,28+,29-/m1/s1. The Labute approximate surface area is 254 Å². The van der Waals surface area contributed by atoms with Gasteiger partial charge in [-0.2, -0.15) is 15.1 Å². The molecule has 0 spiro atoms. The maximum atomic E-state index is 11.2. The highest BCUT2D eigenvalue weighted by Gasteiger charge is 2.44. The second-order valence-electron chi connectivity index (χ2n) is 11.8. The molecule has 1 aliphatic carbocycles. The summed E-state index contributed by atoms with van der Waals surface area (Å²) in [4.78, 5) is 16.7. The third-order valence-corrected chi connectivity index (χ3v) is 8.95. The van der Waals surface area contributed by atoms with Crippen molar-refractivity contribution in [2.24, 2.45) is 5.73 Å². The summed E-state index contributed by atoms with van der Waals surface area (Å²) in [5.41, 5.74) is 10.4. The Bertz CT molecular complexity index is 1670. The molecule has 5 aromatic rings. The van der Waals surface area contributed by atoms with Crippen LogP contribution in [0.1, 0.15) is 47.5 Å². The van der Waals surface area contributed by atoms with E-state index in [1.165, 1.54) is 11.1 Å². The van der Waals surface area contributed by atoms with E-state index >= 15 is 0 Å². The van der Waals surface area contributed by atoms with Crippen molar-refractivity contribution < 1.29 is 15.3 Å². The number of nitrogens with one attached hydrogen (secondary N) is 1. The first-order chi connectivity index (χ1) is 21.5. The molecule has 2 aromatic carbocycles. The number of aromatic nitrogens is 6. The van der Waals surface area contributed by atoms with Gasteiger partial charge in [0.2, 0.25) is 5.95 Å². The van der Waals surface area contributed by atoms with Gasteiger partial charge >= 0.3 is 0 Å². The van der Waals surface area contributed by atoms with Gasteiger partial charge in [-0.15, -0.1) is 0 Å². The van der Waals surface area contributed by atoms with E-state index in [1.54, 1.807) is 23.4 Å². The maximum Gasteiger partial charge on any atom is 0.229 e. The zero-order valence-corrected chi connectivity index (χ0v) is 24.3. The summed E-state index contributed by atoms with van der Waals surface area (Å²) in [6.45, 7) is 1.82. The number of hydrogen-bond donors (Lipinski definition) is 5.